The van der Waals surface area contributed by atoms with E-state index >= 15 is 0 Å². The summed E-state index contributed by atoms with van der Waals surface area (Å²) in [5.74, 6) is 3.90. The SMILES string of the molecule is Cc1nc(-c2c(C)noc2C)c(C)c(N2CC3COC[C@H]3C2)n1. The van der Waals surface area contributed by atoms with Gasteiger partial charge in [-0.05, 0) is 27.7 Å². The first-order valence-corrected chi connectivity index (χ1v) is 8.15. The molecule has 0 N–H and O–H groups in total. The Labute approximate surface area is 135 Å². The first-order chi connectivity index (χ1) is 11.0. The molecule has 122 valence electrons. The summed E-state index contributed by atoms with van der Waals surface area (Å²) in [6, 6.07) is 0. The van der Waals surface area contributed by atoms with Crippen molar-refractivity contribution in [2.45, 2.75) is 27.7 Å². The Morgan fingerprint density at radius 3 is 2.30 bits per heavy atom. The van der Waals surface area contributed by atoms with Gasteiger partial charge in [-0.15, -0.1) is 0 Å². The van der Waals surface area contributed by atoms with Crippen LogP contribution in [0.25, 0.3) is 11.3 Å². The van der Waals surface area contributed by atoms with E-state index in [1.165, 1.54) is 0 Å². The Balaban J connectivity index is 1.77. The van der Waals surface area contributed by atoms with Gasteiger partial charge in [-0.2, -0.15) is 0 Å². The highest BCUT2D eigenvalue weighted by atomic mass is 16.5. The molecule has 2 aromatic heterocycles. The van der Waals surface area contributed by atoms with Crippen LogP contribution in [0.4, 0.5) is 5.82 Å². The maximum absolute atomic E-state index is 5.58. The number of aromatic nitrogens is 3. The van der Waals surface area contributed by atoms with Crippen molar-refractivity contribution in [1.82, 2.24) is 15.1 Å². The lowest BCUT2D eigenvalue weighted by Gasteiger charge is -2.22. The number of rotatable bonds is 2. The van der Waals surface area contributed by atoms with Crippen LogP contribution >= 0.6 is 0 Å². The van der Waals surface area contributed by atoms with Crippen molar-refractivity contribution in [2.24, 2.45) is 11.8 Å². The fourth-order valence-corrected chi connectivity index (χ4v) is 3.85. The minimum atomic E-state index is 0.632. The molecule has 2 saturated heterocycles. The third kappa shape index (κ3) is 2.32. The lowest BCUT2D eigenvalue weighted by molar-refractivity contribution is 0.177. The maximum Gasteiger partial charge on any atom is 0.143 e. The smallest absolute Gasteiger partial charge is 0.143 e. The molecule has 0 spiro atoms. The summed E-state index contributed by atoms with van der Waals surface area (Å²) in [7, 11) is 0. The molecular formula is C17H22N4O2. The van der Waals surface area contributed by atoms with Crippen molar-refractivity contribution >= 4 is 5.82 Å². The van der Waals surface area contributed by atoms with Crippen molar-refractivity contribution < 1.29 is 9.26 Å². The van der Waals surface area contributed by atoms with Gasteiger partial charge in [0.25, 0.3) is 0 Å². The maximum atomic E-state index is 5.58. The van der Waals surface area contributed by atoms with Crippen LogP contribution in [0.5, 0.6) is 0 Å². The first kappa shape index (κ1) is 14.6. The van der Waals surface area contributed by atoms with Crippen molar-refractivity contribution in [3.8, 4) is 11.3 Å². The summed E-state index contributed by atoms with van der Waals surface area (Å²) in [5, 5.41) is 4.07. The Hall–Kier alpha value is -1.95. The molecule has 2 aliphatic heterocycles. The van der Waals surface area contributed by atoms with Crippen LogP contribution in [0.15, 0.2) is 4.52 Å². The lowest BCUT2D eigenvalue weighted by Crippen LogP contribution is -2.25. The Bertz CT molecular complexity index is 724. The summed E-state index contributed by atoms with van der Waals surface area (Å²) >= 11 is 0. The van der Waals surface area contributed by atoms with Gasteiger partial charge in [-0.1, -0.05) is 5.16 Å². The molecule has 1 unspecified atom stereocenters. The van der Waals surface area contributed by atoms with E-state index in [-0.39, 0.29) is 0 Å². The molecule has 2 atom stereocenters. The molecule has 0 aliphatic carbocycles. The predicted octanol–water partition coefficient (Wildman–Crippen LogP) is 2.45. The second kappa shape index (κ2) is 5.30. The second-order valence-corrected chi connectivity index (χ2v) is 6.73. The molecule has 0 amide bonds. The predicted molar refractivity (Wildman–Crippen MR) is 86.5 cm³/mol. The largest absolute Gasteiger partial charge is 0.381 e. The average Bonchev–Trinajstić information content (AvgIpc) is 3.17. The van der Waals surface area contributed by atoms with Crippen LogP contribution in [-0.4, -0.2) is 41.4 Å². The summed E-state index contributed by atoms with van der Waals surface area (Å²) in [4.78, 5) is 11.8. The van der Waals surface area contributed by atoms with Crippen molar-refractivity contribution in [3.05, 3.63) is 22.8 Å². The average molecular weight is 314 g/mol. The first-order valence-electron chi connectivity index (χ1n) is 8.15. The van der Waals surface area contributed by atoms with Crippen LogP contribution in [0.3, 0.4) is 0 Å². The number of hydrogen-bond acceptors (Lipinski definition) is 6. The Morgan fingerprint density at radius 1 is 1.00 bits per heavy atom. The molecule has 0 bridgehead atoms. The highest BCUT2D eigenvalue weighted by Gasteiger charge is 2.38. The van der Waals surface area contributed by atoms with Gasteiger partial charge >= 0.3 is 0 Å². The zero-order valence-electron chi connectivity index (χ0n) is 14.1. The van der Waals surface area contributed by atoms with E-state index in [2.05, 4.69) is 22.0 Å². The molecule has 4 rings (SSSR count). The number of nitrogens with zero attached hydrogens (tertiary/aromatic N) is 4. The fourth-order valence-electron chi connectivity index (χ4n) is 3.85. The molecule has 23 heavy (non-hydrogen) atoms. The van der Waals surface area contributed by atoms with Gasteiger partial charge < -0.3 is 14.2 Å². The summed E-state index contributed by atoms with van der Waals surface area (Å²) in [6.45, 7) is 11.7. The van der Waals surface area contributed by atoms with Crippen LogP contribution in [0, 0.1) is 39.5 Å². The van der Waals surface area contributed by atoms with E-state index in [1.807, 2.05) is 20.8 Å². The second-order valence-electron chi connectivity index (χ2n) is 6.73. The Morgan fingerprint density at radius 2 is 1.70 bits per heavy atom. The number of ether oxygens (including phenoxy) is 1. The quantitative estimate of drug-likeness (QED) is 0.848. The molecule has 0 radical (unpaired) electrons. The van der Waals surface area contributed by atoms with Crippen molar-refractivity contribution in [2.75, 3.05) is 31.2 Å². The summed E-state index contributed by atoms with van der Waals surface area (Å²) in [6.07, 6.45) is 0. The van der Waals surface area contributed by atoms with Gasteiger partial charge in [0.15, 0.2) is 0 Å². The van der Waals surface area contributed by atoms with Gasteiger partial charge in [0, 0.05) is 30.5 Å². The van der Waals surface area contributed by atoms with E-state index in [4.69, 9.17) is 14.2 Å². The van der Waals surface area contributed by atoms with Crippen LogP contribution < -0.4 is 4.90 Å². The van der Waals surface area contributed by atoms with E-state index in [1.54, 1.807) is 0 Å². The number of fused-ring (bicyclic) bond motifs is 1. The zero-order chi connectivity index (χ0) is 16.1. The monoisotopic (exact) mass is 314 g/mol. The topological polar surface area (TPSA) is 64.3 Å². The Kier molecular flexibility index (Phi) is 3.37. The van der Waals surface area contributed by atoms with Crippen LogP contribution in [0.1, 0.15) is 22.8 Å². The fraction of sp³-hybridized carbons (Fsp3) is 0.588. The molecule has 2 aliphatic rings. The normalized spacial score (nSPS) is 23.6. The van der Waals surface area contributed by atoms with Crippen molar-refractivity contribution in [3.63, 3.8) is 0 Å². The third-order valence-electron chi connectivity index (χ3n) is 5.04. The molecule has 2 fully saturated rings. The van der Waals surface area contributed by atoms with Gasteiger partial charge in [-0.3, -0.25) is 0 Å². The van der Waals surface area contributed by atoms with Gasteiger partial charge in [0.1, 0.15) is 17.4 Å². The molecule has 0 saturated carbocycles. The third-order valence-corrected chi connectivity index (χ3v) is 5.04. The zero-order valence-corrected chi connectivity index (χ0v) is 14.1. The minimum Gasteiger partial charge on any atom is -0.381 e. The number of hydrogen-bond donors (Lipinski definition) is 0. The van der Waals surface area contributed by atoms with E-state index in [0.29, 0.717) is 11.8 Å². The summed E-state index contributed by atoms with van der Waals surface area (Å²) in [5.41, 5.74) is 3.92. The molecule has 4 heterocycles. The van der Waals surface area contributed by atoms with Crippen LogP contribution in [-0.2, 0) is 4.74 Å². The van der Waals surface area contributed by atoms with E-state index in [9.17, 15) is 0 Å². The van der Waals surface area contributed by atoms with Gasteiger partial charge in [0.05, 0.1) is 30.2 Å². The van der Waals surface area contributed by atoms with Crippen LogP contribution in [0.2, 0.25) is 0 Å². The molecule has 0 aromatic carbocycles. The van der Waals surface area contributed by atoms with Gasteiger partial charge in [-0.25, -0.2) is 9.97 Å². The highest BCUT2D eigenvalue weighted by molar-refractivity contribution is 5.71. The molecular weight excluding hydrogens is 292 g/mol. The number of anilines is 1. The van der Waals surface area contributed by atoms with E-state index < -0.39 is 0 Å². The standard InChI is InChI=1S/C17H22N4O2/c1-9-16(15-10(2)20-23-11(15)3)18-12(4)19-17(9)21-5-13-7-22-8-14(13)6-21/h13-14H,5-8H2,1-4H3/t13-,14?/m1/s1. The molecule has 6 nitrogen and oxygen atoms in total. The van der Waals surface area contributed by atoms with Crippen molar-refractivity contribution in [1.29, 1.82) is 0 Å². The van der Waals surface area contributed by atoms with E-state index in [0.717, 1.165) is 66.2 Å². The highest BCUT2D eigenvalue weighted by Crippen LogP contribution is 2.36. The number of aryl methyl sites for hydroxylation is 3. The molecule has 6 heteroatoms. The minimum absolute atomic E-state index is 0.632. The lowest BCUT2D eigenvalue weighted by atomic mass is 10.0. The van der Waals surface area contributed by atoms with Gasteiger partial charge in [0.2, 0.25) is 0 Å². The molecule has 2 aromatic rings. The summed E-state index contributed by atoms with van der Waals surface area (Å²) < 4.78 is 10.9.